The zero-order valence-electron chi connectivity index (χ0n) is 13.1. The van der Waals surface area contributed by atoms with Gasteiger partial charge in [-0.1, -0.05) is 23.7 Å². The Labute approximate surface area is 144 Å². The van der Waals surface area contributed by atoms with E-state index in [9.17, 15) is 14.7 Å². The van der Waals surface area contributed by atoms with Crippen molar-refractivity contribution in [2.45, 2.75) is 13.0 Å². The summed E-state index contributed by atoms with van der Waals surface area (Å²) in [6, 6.07) is 10.8. The van der Waals surface area contributed by atoms with Crippen LogP contribution in [0.15, 0.2) is 42.5 Å². The molecule has 126 valence electrons. The quantitative estimate of drug-likeness (QED) is 0.809. The summed E-state index contributed by atoms with van der Waals surface area (Å²) in [5, 5.41) is 12.7. The van der Waals surface area contributed by atoms with E-state index in [1.807, 2.05) is 0 Å². The third-order valence-electron chi connectivity index (χ3n) is 3.21. The molecule has 2 aromatic carbocycles. The van der Waals surface area contributed by atoms with Gasteiger partial charge in [0.25, 0.3) is 5.91 Å². The highest BCUT2D eigenvalue weighted by Crippen LogP contribution is 2.24. The topological polar surface area (TPSA) is 84.9 Å². The molecule has 0 aliphatic rings. The molecule has 0 saturated carbocycles. The van der Waals surface area contributed by atoms with E-state index in [0.29, 0.717) is 16.5 Å². The molecule has 0 radical (unpaired) electrons. The van der Waals surface area contributed by atoms with Crippen molar-refractivity contribution in [1.82, 2.24) is 0 Å². The molecule has 1 amide bonds. The van der Waals surface area contributed by atoms with Crippen LogP contribution in [0.3, 0.4) is 0 Å². The van der Waals surface area contributed by atoms with Crippen molar-refractivity contribution >= 4 is 29.2 Å². The molecule has 0 aliphatic heterocycles. The Morgan fingerprint density at radius 3 is 2.58 bits per heavy atom. The summed E-state index contributed by atoms with van der Waals surface area (Å²) in [5.74, 6) is -1.26. The van der Waals surface area contributed by atoms with E-state index in [2.05, 4.69) is 5.32 Å². The van der Waals surface area contributed by atoms with E-state index in [-0.39, 0.29) is 11.3 Å². The summed E-state index contributed by atoms with van der Waals surface area (Å²) in [6.07, 6.45) is -1.08. The van der Waals surface area contributed by atoms with Crippen LogP contribution >= 0.6 is 11.6 Å². The van der Waals surface area contributed by atoms with Gasteiger partial charge in [0.1, 0.15) is 17.1 Å². The molecule has 0 aliphatic carbocycles. The number of nitrogens with one attached hydrogen (secondary N) is 1. The standard InChI is InChI=1S/C17H16ClNO5/c1-10(16(21)19-14-6-4-3-5-13(14)18)24-17(22)12-9-11(23-2)7-8-15(12)20/h3-10,20H,1-2H3,(H,19,21)/t10-/m1/s1. The van der Waals surface area contributed by atoms with Crippen molar-refractivity contribution in [1.29, 1.82) is 0 Å². The molecular weight excluding hydrogens is 334 g/mol. The molecular formula is C17H16ClNO5. The summed E-state index contributed by atoms with van der Waals surface area (Å²) in [5.41, 5.74) is 0.322. The minimum atomic E-state index is -1.08. The number of aromatic hydroxyl groups is 1. The van der Waals surface area contributed by atoms with Crippen LogP contribution in [0.25, 0.3) is 0 Å². The predicted octanol–water partition coefficient (Wildman–Crippen LogP) is 3.24. The fourth-order valence-electron chi connectivity index (χ4n) is 1.88. The minimum absolute atomic E-state index is 0.0910. The van der Waals surface area contributed by atoms with Gasteiger partial charge in [-0.2, -0.15) is 0 Å². The maximum absolute atomic E-state index is 12.1. The Morgan fingerprint density at radius 1 is 1.21 bits per heavy atom. The number of ether oxygens (including phenoxy) is 2. The zero-order chi connectivity index (χ0) is 17.7. The molecule has 0 unspecified atom stereocenters. The number of para-hydroxylation sites is 1. The first-order valence-electron chi connectivity index (χ1n) is 7.05. The summed E-state index contributed by atoms with van der Waals surface area (Å²) in [6.45, 7) is 1.42. The van der Waals surface area contributed by atoms with Crippen LogP contribution in [0.5, 0.6) is 11.5 Å². The van der Waals surface area contributed by atoms with E-state index in [1.54, 1.807) is 24.3 Å². The van der Waals surface area contributed by atoms with Crippen molar-refractivity contribution < 1.29 is 24.2 Å². The lowest BCUT2D eigenvalue weighted by atomic mass is 10.2. The van der Waals surface area contributed by atoms with Gasteiger partial charge in [-0.25, -0.2) is 4.79 Å². The van der Waals surface area contributed by atoms with Gasteiger partial charge in [-0.05, 0) is 37.3 Å². The van der Waals surface area contributed by atoms with Crippen LogP contribution in [0.4, 0.5) is 5.69 Å². The monoisotopic (exact) mass is 349 g/mol. The number of phenols is 1. The largest absolute Gasteiger partial charge is 0.507 e. The number of halogens is 1. The predicted molar refractivity (Wildman–Crippen MR) is 89.6 cm³/mol. The van der Waals surface area contributed by atoms with Crippen LogP contribution in [0.1, 0.15) is 17.3 Å². The van der Waals surface area contributed by atoms with Gasteiger partial charge >= 0.3 is 5.97 Å². The van der Waals surface area contributed by atoms with E-state index < -0.39 is 18.0 Å². The number of anilines is 1. The molecule has 24 heavy (non-hydrogen) atoms. The molecule has 2 aromatic rings. The first-order chi connectivity index (χ1) is 11.4. The molecule has 1 atom stereocenters. The van der Waals surface area contributed by atoms with Crippen LogP contribution in [-0.2, 0) is 9.53 Å². The second-order valence-corrected chi connectivity index (χ2v) is 5.31. The van der Waals surface area contributed by atoms with Crippen molar-refractivity contribution in [2.24, 2.45) is 0 Å². The second kappa shape index (κ2) is 7.70. The molecule has 0 aromatic heterocycles. The average molecular weight is 350 g/mol. The number of esters is 1. The van der Waals surface area contributed by atoms with Gasteiger partial charge in [0.2, 0.25) is 0 Å². The average Bonchev–Trinajstić information content (AvgIpc) is 2.57. The number of hydrogen-bond donors (Lipinski definition) is 2. The Bertz CT molecular complexity index is 762. The maximum atomic E-state index is 12.1. The van der Waals surface area contributed by atoms with Crippen molar-refractivity contribution in [3.63, 3.8) is 0 Å². The summed E-state index contributed by atoms with van der Waals surface area (Å²) in [4.78, 5) is 24.2. The van der Waals surface area contributed by atoms with Crippen molar-refractivity contribution in [3.05, 3.63) is 53.1 Å². The van der Waals surface area contributed by atoms with Gasteiger partial charge in [-0.15, -0.1) is 0 Å². The molecule has 0 fully saturated rings. The molecule has 0 bridgehead atoms. The summed E-state index contributed by atoms with van der Waals surface area (Å²) >= 11 is 5.96. The van der Waals surface area contributed by atoms with E-state index in [0.717, 1.165) is 0 Å². The van der Waals surface area contributed by atoms with Crippen LogP contribution in [-0.4, -0.2) is 30.2 Å². The number of hydrogen-bond acceptors (Lipinski definition) is 5. The van der Waals surface area contributed by atoms with Gasteiger partial charge in [-0.3, -0.25) is 4.79 Å². The highest BCUT2D eigenvalue weighted by atomic mass is 35.5. The number of rotatable bonds is 5. The fraction of sp³-hybridized carbons (Fsp3) is 0.176. The van der Waals surface area contributed by atoms with E-state index >= 15 is 0 Å². The van der Waals surface area contributed by atoms with Crippen molar-refractivity contribution in [2.75, 3.05) is 12.4 Å². The highest BCUT2D eigenvalue weighted by Gasteiger charge is 2.22. The van der Waals surface area contributed by atoms with Gasteiger partial charge in [0.05, 0.1) is 17.8 Å². The lowest BCUT2D eigenvalue weighted by Crippen LogP contribution is -2.30. The number of methoxy groups -OCH3 is 1. The molecule has 0 saturated heterocycles. The number of phenolic OH excluding ortho intramolecular Hbond substituents is 1. The van der Waals surface area contributed by atoms with Crippen LogP contribution in [0, 0.1) is 0 Å². The zero-order valence-corrected chi connectivity index (χ0v) is 13.8. The number of amides is 1. The fourth-order valence-corrected chi connectivity index (χ4v) is 2.06. The lowest BCUT2D eigenvalue weighted by molar-refractivity contribution is -0.123. The molecule has 7 heteroatoms. The Hall–Kier alpha value is -2.73. The Kier molecular flexibility index (Phi) is 5.65. The van der Waals surface area contributed by atoms with Gasteiger partial charge in [0, 0.05) is 0 Å². The highest BCUT2D eigenvalue weighted by molar-refractivity contribution is 6.33. The van der Waals surface area contributed by atoms with Crippen LogP contribution < -0.4 is 10.1 Å². The SMILES string of the molecule is COc1ccc(O)c(C(=O)O[C@H](C)C(=O)Nc2ccccc2Cl)c1. The Balaban J connectivity index is 2.06. The molecule has 6 nitrogen and oxygen atoms in total. The third-order valence-corrected chi connectivity index (χ3v) is 3.54. The first-order valence-corrected chi connectivity index (χ1v) is 7.43. The number of carbonyl (C=O) groups is 2. The van der Waals surface area contributed by atoms with Gasteiger partial charge < -0.3 is 19.9 Å². The summed E-state index contributed by atoms with van der Waals surface area (Å²) in [7, 11) is 1.43. The van der Waals surface area contributed by atoms with E-state index in [4.69, 9.17) is 21.1 Å². The summed E-state index contributed by atoms with van der Waals surface area (Å²) < 4.78 is 10.1. The molecule has 0 heterocycles. The number of benzene rings is 2. The molecule has 0 spiro atoms. The Morgan fingerprint density at radius 2 is 1.92 bits per heavy atom. The van der Waals surface area contributed by atoms with Crippen LogP contribution in [0.2, 0.25) is 5.02 Å². The lowest BCUT2D eigenvalue weighted by Gasteiger charge is -2.15. The second-order valence-electron chi connectivity index (χ2n) is 4.90. The van der Waals surface area contributed by atoms with Gasteiger partial charge in [0.15, 0.2) is 6.10 Å². The third kappa shape index (κ3) is 4.17. The first kappa shape index (κ1) is 17.6. The van der Waals surface area contributed by atoms with Crippen molar-refractivity contribution in [3.8, 4) is 11.5 Å². The maximum Gasteiger partial charge on any atom is 0.342 e. The number of carbonyl (C=O) groups excluding carboxylic acids is 2. The normalized spacial score (nSPS) is 11.5. The van der Waals surface area contributed by atoms with E-state index in [1.165, 1.54) is 32.2 Å². The molecule has 2 rings (SSSR count). The molecule has 2 N–H and O–H groups in total. The smallest absolute Gasteiger partial charge is 0.342 e. The minimum Gasteiger partial charge on any atom is -0.507 e.